The molecule has 0 spiro atoms. The van der Waals surface area contributed by atoms with Crippen molar-refractivity contribution in [1.29, 1.82) is 0 Å². The number of nitrogens with one attached hydrogen (secondary N) is 2. The molecule has 0 saturated heterocycles. The van der Waals surface area contributed by atoms with Gasteiger partial charge in [0.25, 0.3) is 5.56 Å². The van der Waals surface area contributed by atoms with E-state index in [0.717, 1.165) is 5.56 Å². The number of esters is 1. The first kappa shape index (κ1) is 18.5. The number of hydrogen-bond donors (Lipinski definition) is 2. The molecule has 0 amide bonds. The van der Waals surface area contributed by atoms with Crippen LogP contribution in [-0.2, 0) is 16.1 Å². The number of ether oxygens (including phenoxy) is 2. The Kier molecular flexibility index (Phi) is 5.44. The maximum Gasteiger partial charge on any atom is 0.344 e. The minimum atomic E-state index is -0.426. The summed E-state index contributed by atoms with van der Waals surface area (Å²) >= 11 is 0. The minimum absolute atomic E-state index is 0.155. The van der Waals surface area contributed by atoms with Gasteiger partial charge in [0.2, 0.25) is 0 Å². The molecule has 0 saturated carbocycles. The van der Waals surface area contributed by atoms with Crippen LogP contribution < -0.4 is 16.0 Å². The highest BCUT2D eigenvalue weighted by molar-refractivity contribution is 5.81. The molecule has 0 fully saturated rings. The smallest absolute Gasteiger partial charge is 0.344 e. The first-order valence-corrected chi connectivity index (χ1v) is 8.78. The maximum absolute atomic E-state index is 12.5. The van der Waals surface area contributed by atoms with E-state index < -0.39 is 11.7 Å². The normalized spacial score (nSPS) is 10.9. The molecule has 8 heteroatoms. The lowest BCUT2D eigenvalue weighted by Crippen LogP contribution is -2.34. The lowest BCUT2D eigenvalue weighted by molar-refractivity contribution is -0.145. The highest BCUT2D eigenvalue weighted by Crippen LogP contribution is 2.23. The van der Waals surface area contributed by atoms with Gasteiger partial charge in [0.15, 0.2) is 6.61 Å². The zero-order valence-electron chi connectivity index (χ0n) is 15.2. The largest absolute Gasteiger partial charge is 0.482 e. The highest BCUT2D eigenvalue weighted by atomic mass is 16.6. The SMILES string of the molecule is CCCn1c(=O)[nH]c2cc(-c3ccc(OCC(=O)OCC)cc3)[nH]c2c1=O. The summed E-state index contributed by atoms with van der Waals surface area (Å²) in [5.41, 5.74) is 1.59. The molecule has 2 heterocycles. The Bertz CT molecular complexity index is 1060. The summed E-state index contributed by atoms with van der Waals surface area (Å²) < 4.78 is 11.4. The van der Waals surface area contributed by atoms with Gasteiger partial charge in [-0.1, -0.05) is 6.92 Å². The van der Waals surface area contributed by atoms with Gasteiger partial charge in [-0.2, -0.15) is 0 Å². The summed E-state index contributed by atoms with van der Waals surface area (Å²) in [5.74, 6) is 0.103. The average molecular weight is 371 g/mol. The third-order valence-electron chi connectivity index (χ3n) is 4.04. The van der Waals surface area contributed by atoms with Crippen molar-refractivity contribution in [1.82, 2.24) is 14.5 Å². The van der Waals surface area contributed by atoms with Crippen LogP contribution in [0.25, 0.3) is 22.3 Å². The molecule has 0 aliphatic rings. The lowest BCUT2D eigenvalue weighted by Gasteiger charge is -2.06. The van der Waals surface area contributed by atoms with Gasteiger partial charge in [0.05, 0.1) is 12.1 Å². The summed E-state index contributed by atoms with van der Waals surface area (Å²) in [6.45, 7) is 4.16. The number of benzene rings is 1. The number of carbonyl (C=O) groups excluding carboxylic acids is 1. The van der Waals surface area contributed by atoms with Gasteiger partial charge in [-0.05, 0) is 49.2 Å². The van der Waals surface area contributed by atoms with E-state index in [2.05, 4.69) is 9.97 Å². The van der Waals surface area contributed by atoms with Crippen molar-refractivity contribution in [3.63, 3.8) is 0 Å². The topological polar surface area (TPSA) is 106 Å². The zero-order valence-corrected chi connectivity index (χ0v) is 15.2. The molecule has 142 valence electrons. The maximum atomic E-state index is 12.5. The molecule has 8 nitrogen and oxygen atoms in total. The van der Waals surface area contributed by atoms with Crippen LogP contribution in [0.2, 0.25) is 0 Å². The fraction of sp³-hybridized carbons (Fsp3) is 0.316. The molecule has 2 N–H and O–H groups in total. The van der Waals surface area contributed by atoms with Crippen LogP contribution in [0.15, 0.2) is 39.9 Å². The molecule has 3 aromatic rings. The van der Waals surface area contributed by atoms with Gasteiger partial charge in [-0.25, -0.2) is 9.59 Å². The second-order valence-electron chi connectivity index (χ2n) is 5.98. The van der Waals surface area contributed by atoms with E-state index >= 15 is 0 Å². The van der Waals surface area contributed by atoms with Gasteiger partial charge in [0, 0.05) is 12.2 Å². The van der Waals surface area contributed by atoms with Crippen LogP contribution in [0.3, 0.4) is 0 Å². The highest BCUT2D eigenvalue weighted by Gasteiger charge is 2.11. The van der Waals surface area contributed by atoms with Crippen LogP contribution in [0.1, 0.15) is 20.3 Å². The fourth-order valence-corrected chi connectivity index (χ4v) is 2.79. The molecular formula is C19H21N3O5. The van der Waals surface area contributed by atoms with Gasteiger partial charge >= 0.3 is 11.7 Å². The van der Waals surface area contributed by atoms with E-state index in [9.17, 15) is 14.4 Å². The molecular weight excluding hydrogens is 350 g/mol. The number of nitrogens with zero attached hydrogens (tertiary/aromatic N) is 1. The Morgan fingerprint density at radius 2 is 1.85 bits per heavy atom. The second-order valence-corrected chi connectivity index (χ2v) is 5.98. The average Bonchev–Trinajstić information content (AvgIpc) is 3.08. The Balaban J connectivity index is 1.85. The summed E-state index contributed by atoms with van der Waals surface area (Å²) in [7, 11) is 0. The number of hydrogen-bond acceptors (Lipinski definition) is 5. The summed E-state index contributed by atoms with van der Waals surface area (Å²) in [4.78, 5) is 41.7. The van der Waals surface area contributed by atoms with Gasteiger partial charge < -0.3 is 19.4 Å². The van der Waals surface area contributed by atoms with E-state index in [0.29, 0.717) is 42.0 Å². The number of rotatable bonds is 7. The predicted octanol–water partition coefficient (Wildman–Crippen LogP) is 2.04. The molecule has 1 aromatic carbocycles. The van der Waals surface area contributed by atoms with E-state index in [4.69, 9.17) is 9.47 Å². The fourth-order valence-electron chi connectivity index (χ4n) is 2.79. The van der Waals surface area contributed by atoms with E-state index in [1.807, 2.05) is 6.92 Å². The number of carbonyl (C=O) groups is 1. The predicted molar refractivity (Wildman–Crippen MR) is 101 cm³/mol. The van der Waals surface area contributed by atoms with Gasteiger partial charge in [-0.15, -0.1) is 0 Å². The van der Waals surface area contributed by atoms with Crippen LogP contribution in [0.5, 0.6) is 5.75 Å². The van der Waals surface area contributed by atoms with Gasteiger partial charge in [0.1, 0.15) is 11.3 Å². The van der Waals surface area contributed by atoms with Crippen LogP contribution in [0.4, 0.5) is 0 Å². The Morgan fingerprint density at radius 1 is 1.11 bits per heavy atom. The summed E-state index contributed by atoms with van der Waals surface area (Å²) in [6.07, 6.45) is 0.690. The van der Waals surface area contributed by atoms with Crippen LogP contribution in [-0.4, -0.2) is 33.7 Å². The molecule has 0 bridgehead atoms. The second kappa shape index (κ2) is 7.94. The third kappa shape index (κ3) is 3.94. The number of aromatic nitrogens is 3. The van der Waals surface area contributed by atoms with E-state index in [1.165, 1.54) is 4.57 Å². The van der Waals surface area contributed by atoms with Crippen molar-refractivity contribution in [3.8, 4) is 17.0 Å². The third-order valence-corrected chi connectivity index (χ3v) is 4.04. The number of H-pyrrole nitrogens is 2. The minimum Gasteiger partial charge on any atom is -0.482 e. The Hall–Kier alpha value is -3.29. The molecule has 2 aromatic heterocycles. The van der Waals surface area contributed by atoms with Crippen LogP contribution in [0, 0.1) is 0 Å². The molecule has 3 rings (SSSR count). The molecule has 0 atom stereocenters. The molecule has 0 radical (unpaired) electrons. The first-order valence-electron chi connectivity index (χ1n) is 8.78. The standard InChI is InChI=1S/C19H21N3O5/c1-3-9-22-18(24)17-15(21-19(22)25)10-14(20-17)12-5-7-13(8-6-12)27-11-16(23)26-4-2/h5-8,10,20H,3-4,9,11H2,1-2H3,(H,21,25). The van der Waals surface area contributed by atoms with Crippen molar-refractivity contribution in [2.75, 3.05) is 13.2 Å². The van der Waals surface area contributed by atoms with Crippen LogP contribution >= 0.6 is 0 Å². The summed E-state index contributed by atoms with van der Waals surface area (Å²) in [6, 6.07) is 8.76. The zero-order chi connectivity index (χ0) is 19.4. The quantitative estimate of drug-likeness (QED) is 0.618. The number of aromatic amines is 2. The molecule has 0 aliphatic carbocycles. The van der Waals surface area contributed by atoms with Crippen molar-refractivity contribution in [2.24, 2.45) is 0 Å². The monoisotopic (exact) mass is 371 g/mol. The molecule has 0 unspecified atom stereocenters. The molecule has 0 aliphatic heterocycles. The Labute approximate surface area is 154 Å². The number of fused-ring (bicyclic) bond motifs is 1. The van der Waals surface area contributed by atoms with E-state index in [1.54, 1.807) is 37.3 Å². The lowest BCUT2D eigenvalue weighted by atomic mass is 10.1. The van der Waals surface area contributed by atoms with E-state index in [-0.39, 0.29) is 12.2 Å². The van der Waals surface area contributed by atoms with Crippen molar-refractivity contribution >= 4 is 17.0 Å². The first-order chi connectivity index (χ1) is 13.0. The van der Waals surface area contributed by atoms with Gasteiger partial charge in [-0.3, -0.25) is 9.36 Å². The Morgan fingerprint density at radius 3 is 2.52 bits per heavy atom. The summed E-state index contributed by atoms with van der Waals surface area (Å²) in [5, 5.41) is 0. The van der Waals surface area contributed by atoms with Crippen molar-refractivity contribution < 1.29 is 14.3 Å². The van der Waals surface area contributed by atoms with Crippen molar-refractivity contribution in [3.05, 3.63) is 51.2 Å². The van der Waals surface area contributed by atoms with Crippen molar-refractivity contribution in [2.45, 2.75) is 26.8 Å². The molecule has 27 heavy (non-hydrogen) atoms.